The van der Waals surface area contributed by atoms with Gasteiger partial charge in [-0.15, -0.1) is 5.73 Å². The molecule has 0 bridgehead atoms. The SMILES string of the molecule is C=C=C(CN)c1ccc(Cl)cc1.Cc1ccc(S(=O)(=O)O)cc1. The summed E-state index contributed by atoms with van der Waals surface area (Å²) in [5.74, 6) is 0. The minimum absolute atomic E-state index is 0.0666. The van der Waals surface area contributed by atoms with Gasteiger partial charge < -0.3 is 5.73 Å². The number of halogens is 1. The summed E-state index contributed by atoms with van der Waals surface area (Å²) in [6, 6.07) is 13.4. The van der Waals surface area contributed by atoms with Crippen molar-refractivity contribution in [3.63, 3.8) is 0 Å². The minimum Gasteiger partial charge on any atom is -0.326 e. The van der Waals surface area contributed by atoms with E-state index >= 15 is 0 Å². The van der Waals surface area contributed by atoms with Crippen molar-refractivity contribution in [1.29, 1.82) is 0 Å². The highest BCUT2D eigenvalue weighted by molar-refractivity contribution is 7.85. The van der Waals surface area contributed by atoms with E-state index in [2.05, 4.69) is 12.3 Å². The van der Waals surface area contributed by atoms with Gasteiger partial charge in [-0.25, -0.2) is 0 Å². The van der Waals surface area contributed by atoms with Crippen molar-refractivity contribution in [1.82, 2.24) is 0 Å². The Morgan fingerprint density at radius 3 is 2.09 bits per heavy atom. The summed E-state index contributed by atoms with van der Waals surface area (Å²) in [6.45, 7) is 5.85. The molecule has 0 saturated carbocycles. The Morgan fingerprint density at radius 2 is 1.70 bits per heavy atom. The molecule has 122 valence electrons. The summed E-state index contributed by atoms with van der Waals surface area (Å²) in [5, 5.41) is 0.721. The molecule has 0 saturated heterocycles. The summed E-state index contributed by atoms with van der Waals surface area (Å²) in [7, 11) is -4.02. The molecule has 6 heteroatoms. The highest BCUT2D eigenvalue weighted by atomic mass is 35.5. The van der Waals surface area contributed by atoms with Gasteiger partial charge in [0.25, 0.3) is 10.1 Å². The Labute approximate surface area is 141 Å². The molecule has 0 atom stereocenters. The first-order valence-corrected chi connectivity index (χ1v) is 8.49. The largest absolute Gasteiger partial charge is 0.326 e. The molecule has 0 fully saturated rings. The quantitative estimate of drug-likeness (QED) is 0.652. The molecule has 2 rings (SSSR count). The molecular formula is C17H18ClNO3S. The van der Waals surface area contributed by atoms with E-state index in [0.717, 1.165) is 21.7 Å². The third-order valence-corrected chi connectivity index (χ3v) is 4.05. The van der Waals surface area contributed by atoms with Crippen LogP contribution in [0, 0.1) is 6.92 Å². The van der Waals surface area contributed by atoms with Gasteiger partial charge in [0.1, 0.15) is 0 Å². The van der Waals surface area contributed by atoms with Gasteiger partial charge in [-0.05, 0) is 36.8 Å². The monoisotopic (exact) mass is 351 g/mol. The lowest BCUT2D eigenvalue weighted by molar-refractivity contribution is 0.483. The summed E-state index contributed by atoms with van der Waals surface area (Å²) in [5.41, 5.74) is 11.2. The van der Waals surface area contributed by atoms with Crippen LogP contribution in [0.1, 0.15) is 11.1 Å². The predicted octanol–water partition coefficient (Wildman–Crippen LogP) is 3.71. The molecule has 0 radical (unpaired) electrons. The first-order valence-electron chi connectivity index (χ1n) is 6.67. The van der Waals surface area contributed by atoms with Crippen LogP contribution in [-0.2, 0) is 10.1 Å². The van der Waals surface area contributed by atoms with E-state index in [1.807, 2.05) is 31.2 Å². The first-order chi connectivity index (χ1) is 10.8. The van der Waals surface area contributed by atoms with Crippen molar-refractivity contribution < 1.29 is 13.0 Å². The van der Waals surface area contributed by atoms with Crippen LogP contribution in [0.2, 0.25) is 5.02 Å². The number of hydrogen-bond donors (Lipinski definition) is 2. The summed E-state index contributed by atoms with van der Waals surface area (Å²) >= 11 is 5.73. The van der Waals surface area contributed by atoms with Gasteiger partial charge in [-0.1, -0.05) is 48.0 Å². The van der Waals surface area contributed by atoms with E-state index in [4.69, 9.17) is 21.9 Å². The van der Waals surface area contributed by atoms with Crippen LogP contribution in [0.4, 0.5) is 0 Å². The normalized spacial score (nSPS) is 10.3. The Morgan fingerprint density at radius 1 is 1.17 bits per heavy atom. The smallest absolute Gasteiger partial charge is 0.294 e. The summed E-state index contributed by atoms with van der Waals surface area (Å²) in [6.07, 6.45) is 0. The maximum atomic E-state index is 10.5. The maximum absolute atomic E-state index is 10.5. The van der Waals surface area contributed by atoms with Crippen LogP contribution in [0.25, 0.3) is 5.57 Å². The number of rotatable bonds is 3. The second kappa shape index (κ2) is 8.67. The second-order valence-electron chi connectivity index (χ2n) is 4.65. The molecule has 0 unspecified atom stereocenters. The number of aryl methyl sites for hydroxylation is 1. The first kappa shape index (κ1) is 19.2. The Kier molecular flexibility index (Phi) is 7.23. The van der Waals surface area contributed by atoms with Crippen LogP contribution in [0.5, 0.6) is 0 Å². The Hall–Kier alpha value is -1.88. The fourth-order valence-corrected chi connectivity index (χ4v) is 2.26. The molecule has 3 N–H and O–H groups in total. The number of hydrogen-bond acceptors (Lipinski definition) is 3. The summed E-state index contributed by atoms with van der Waals surface area (Å²) in [4.78, 5) is -0.0666. The van der Waals surface area contributed by atoms with Gasteiger partial charge in [-0.2, -0.15) is 8.42 Å². The highest BCUT2D eigenvalue weighted by Crippen LogP contribution is 2.15. The standard InChI is InChI=1S/C10H10ClN.C7H8O3S/c1-2-8(7-12)9-3-5-10(11)6-4-9;1-6-2-4-7(5-3-6)11(8,9)10/h3-6H,1,7,12H2;2-5H,1H3,(H,8,9,10). The lowest BCUT2D eigenvalue weighted by atomic mass is 10.1. The number of nitrogens with two attached hydrogens (primary N) is 1. The van der Waals surface area contributed by atoms with E-state index < -0.39 is 10.1 Å². The zero-order valence-electron chi connectivity index (χ0n) is 12.7. The van der Waals surface area contributed by atoms with E-state index in [1.54, 1.807) is 12.1 Å². The molecule has 0 aromatic heterocycles. The van der Waals surface area contributed by atoms with Crippen molar-refractivity contribution >= 4 is 27.3 Å². The molecule has 0 heterocycles. The van der Waals surface area contributed by atoms with Gasteiger partial charge in [-0.3, -0.25) is 4.55 Å². The van der Waals surface area contributed by atoms with Crippen LogP contribution in [0.3, 0.4) is 0 Å². The van der Waals surface area contributed by atoms with Crippen molar-refractivity contribution in [2.45, 2.75) is 11.8 Å². The van der Waals surface area contributed by atoms with E-state index in [0.29, 0.717) is 6.54 Å². The van der Waals surface area contributed by atoms with Crippen LogP contribution >= 0.6 is 11.6 Å². The average Bonchev–Trinajstić information content (AvgIpc) is 2.50. The third kappa shape index (κ3) is 6.40. The fraction of sp³-hybridized carbons (Fsp3) is 0.118. The van der Waals surface area contributed by atoms with Crippen LogP contribution < -0.4 is 5.73 Å². The maximum Gasteiger partial charge on any atom is 0.294 e. The molecule has 23 heavy (non-hydrogen) atoms. The molecular weight excluding hydrogens is 334 g/mol. The Bertz CT molecular complexity index is 791. The van der Waals surface area contributed by atoms with Gasteiger partial charge in [0.2, 0.25) is 0 Å². The van der Waals surface area contributed by atoms with Gasteiger partial charge in [0.05, 0.1) is 4.90 Å². The topological polar surface area (TPSA) is 80.4 Å². The van der Waals surface area contributed by atoms with Gasteiger partial charge in [0, 0.05) is 17.1 Å². The van der Waals surface area contributed by atoms with Crippen molar-refractivity contribution in [2.75, 3.05) is 6.54 Å². The second-order valence-corrected chi connectivity index (χ2v) is 6.51. The average molecular weight is 352 g/mol. The molecule has 0 aliphatic rings. The molecule has 4 nitrogen and oxygen atoms in total. The van der Waals surface area contributed by atoms with E-state index in [1.165, 1.54) is 12.1 Å². The molecule has 0 aliphatic carbocycles. The molecule has 0 spiro atoms. The predicted molar refractivity (Wildman–Crippen MR) is 94.0 cm³/mol. The molecule has 0 aliphatic heterocycles. The van der Waals surface area contributed by atoms with Crippen molar-refractivity contribution in [3.05, 3.63) is 77.0 Å². The van der Waals surface area contributed by atoms with E-state index in [-0.39, 0.29) is 4.90 Å². The lowest BCUT2D eigenvalue weighted by Gasteiger charge is -2.00. The zero-order chi connectivity index (χ0) is 17.5. The summed E-state index contributed by atoms with van der Waals surface area (Å²) < 4.78 is 29.6. The molecule has 0 amide bonds. The highest BCUT2D eigenvalue weighted by Gasteiger charge is 2.06. The third-order valence-electron chi connectivity index (χ3n) is 2.93. The number of benzene rings is 2. The van der Waals surface area contributed by atoms with E-state index in [9.17, 15) is 8.42 Å². The fourth-order valence-electron chi connectivity index (χ4n) is 1.65. The zero-order valence-corrected chi connectivity index (χ0v) is 14.2. The molecule has 2 aromatic carbocycles. The van der Waals surface area contributed by atoms with Crippen LogP contribution in [0.15, 0.2) is 65.7 Å². The van der Waals surface area contributed by atoms with Crippen molar-refractivity contribution in [2.24, 2.45) is 5.73 Å². The minimum atomic E-state index is -4.02. The molecule has 2 aromatic rings. The van der Waals surface area contributed by atoms with Crippen LogP contribution in [-0.4, -0.2) is 19.5 Å². The van der Waals surface area contributed by atoms with Gasteiger partial charge in [0.15, 0.2) is 0 Å². The Balaban J connectivity index is 0.000000231. The van der Waals surface area contributed by atoms with Crippen molar-refractivity contribution in [3.8, 4) is 0 Å². The van der Waals surface area contributed by atoms with Gasteiger partial charge >= 0.3 is 0 Å². The lowest BCUT2D eigenvalue weighted by Crippen LogP contribution is -2.00.